The van der Waals surface area contributed by atoms with Crippen molar-refractivity contribution >= 4 is 40.2 Å². The fourth-order valence-corrected chi connectivity index (χ4v) is 4.71. The summed E-state index contributed by atoms with van der Waals surface area (Å²) in [5.41, 5.74) is 2.89. The van der Waals surface area contributed by atoms with Crippen molar-refractivity contribution in [3.8, 4) is 5.75 Å². The maximum atomic E-state index is 12.8. The van der Waals surface area contributed by atoms with Gasteiger partial charge in [0, 0.05) is 35.0 Å². The Labute approximate surface area is 173 Å². The van der Waals surface area contributed by atoms with Gasteiger partial charge in [0.2, 0.25) is 11.8 Å². The molecular formula is C22H23N3O3S. The number of aromatic nitrogens is 1. The van der Waals surface area contributed by atoms with Gasteiger partial charge in [-0.2, -0.15) is 0 Å². The standard InChI is InChI=1S/C22H23N3O3S/c1-28-17-9-7-16(8-10-17)24-22(27)20-13-29-14-25(20)21(26)11-6-15-12-23-19-5-3-2-4-18(15)19/h2-5,7-10,12,20,23H,6,11,13-14H2,1H3,(H,24,27). The van der Waals surface area contributed by atoms with E-state index in [0.717, 1.165) is 22.2 Å². The van der Waals surface area contributed by atoms with Crippen molar-refractivity contribution < 1.29 is 14.3 Å². The lowest BCUT2D eigenvalue weighted by molar-refractivity contribution is -0.136. The van der Waals surface area contributed by atoms with Gasteiger partial charge in [0.25, 0.3) is 0 Å². The molecule has 0 bridgehead atoms. The zero-order chi connectivity index (χ0) is 20.2. The summed E-state index contributed by atoms with van der Waals surface area (Å²) >= 11 is 1.61. The first-order valence-electron chi connectivity index (χ1n) is 9.53. The molecule has 7 heteroatoms. The molecule has 3 aromatic rings. The number of aryl methyl sites for hydroxylation is 1. The smallest absolute Gasteiger partial charge is 0.248 e. The van der Waals surface area contributed by atoms with Crippen molar-refractivity contribution in [2.45, 2.75) is 18.9 Å². The number of fused-ring (bicyclic) bond motifs is 1. The number of ether oxygens (including phenoxy) is 1. The summed E-state index contributed by atoms with van der Waals surface area (Å²) in [5.74, 6) is 1.75. The monoisotopic (exact) mass is 409 g/mol. The number of carbonyl (C=O) groups excluding carboxylic acids is 2. The van der Waals surface area contributed by atoms with Crippen molar-refractivity contribution in [3.63, 3.8) is 0 Å². The van der Waals surface area contributed by atoms with Crippen LogP contribution in [0.25, 0.3) is 10.9 Å². The molecule has 29 heavy (non-hydrogen) atoms. The highest BCUT2D eigenvalue weighted by Gasteiger charge is 2.34. The van der Waals surface area contributed by atoms with Crippen LogP contribution in [0.2, 0.25) is 0 Å². The molecular weight excluding hydrogens is 386 g/mol. The second-order valence-electron chi connectivity index (χ2n) is 6.96. The number of H-pyrrole nitrogens is 1. The summed E-state index contributed by atoms with van der Waals surface area (Å²) in [7, 11) is 1.60. The van der Waals surface area contributed by atoms with Crippen LogP contribution in [0.1, 0.15) is 12.0 Å². The highest BCUT2D eigenvalue weighted by molar-refractivity contribution is 7.99. The molecule has 1 atom stereocenters. The predicted molar refractivity (Wildman–Crippen MR) is 116 cm³/mol. The van der Waals surface area contributed by atoms with Crippen molar-refractivity contribution in [2.75, 3.05) is 24.1 Å². The topological polar surface area (TPSA) is 74.4 Å². The van der Waals surface area contributed by atoms with Crippen LogP contribution in [0, 0.1) is 0 Å². The van der Waals surface area contributed by atoms with Crippen LogP contribution >= 0.6 is 11.8 Å². The number of thioether (sulfide) groups is 1. The SMILES string of the molecule is COc1ccc(NC(=O)C2CSCN2C(=O)CCc2c[nH]c3ccccc23)cc1. The molecule has 1 saturated heterocycles. The number of nitrogens with one attached hydrogen (secondary N) is 2. The second-order valence-corrected chi connectivity index (χ2v) is 7.96. The van der Waals surface area contributed by atoms with E-state index in [9.17, 15) is 9.59 Å². The maximum absolute atomic E-state index is 12.8. The van der Waals surface area contributed by atoms with Gasteiger partial charge < -0.3 is 19.9 Å². The Balaban J connectivity index is 1.37. The molecule has 150 valence electrons. The Morgan fingerprint density at radius 2 is 2.00 bits per heavy atom. The van der Waals surface area contributed by atoms with E-state index < -0.39 is 6.04 Å². The van der Waals surface area contributed by atoms with E-state index in [2.05, 4.69) is 16.4 Å². The van der Waals surface area contributed by atoms with Gasteiger partial charge in [0.05, 0.1) is 13.0 Å². The lowest BCUT2D eigenvalue weighted by atomic mass is 10.1. The van der Waals surface area contributed by atoms with E-state index in [0.29, 0.717) is 30.2 Å². The molecule has 2 amide bonds. The lowest BCUT2D eigenvalue weighted by Crippen LogP contribution is -2.44. The number of anilines is 1. The molecule has 2 N–H and O–H groups in total. The van der Waals surface area contributed by atoms with Gasteiger partial charge in [-0.05, 0) is 42.3 Å². The largest absolute Gasteiger partial charge is 0.497 e. The minimum atomic E-state index is -0.447. The van der Waals surface area contributed by atoms with Gasteiger partial charge in [-0.15, -0.1) is 11.8 Å². The first-order chi connectivity index (χ1) is 14.2. The van der Waals surface area contributed by atoms with E-state index >= 15 is 0 Å². The van der Waals surface area contributed by atoms with E-state index in [-0.39, 0.29) is 11.8 Å². The van der Waals surface area contributed by atoms with Crippen LogP contribution in [0.15, 0.2) is 54.7 Å². The average Bonchev–Trinajstić information content (AvgIpc) is 3.40. The van der Waals surface area contributed by atoms with Crippen molar-refractivity contribution in [1.29, 1.82) is 0 Å². The highest BCUT2D eigenvalue weighted by Crippen LogP contribution is 2.25. The number of nitrogens with zero attached hydrogens (tertiary/aromatic N) is 1. The molecule has 0 saturated carbocycles. The number of para-hydroxylation sites is 1. The van der Waals surface area contributed by atoms with Crippen LogP contribution in [0.5, 0.6) is 5.75 Å². The summed E-state index contributed by atoms with van der Waals surface area (Å²) in [6.07, 6.45) is 3.00. The van der Waals surface area contributed by atoms with Crippen LogP contribution in [0.4, 0.5) is 5.69 Å². The van der Waals surface area contributed by atoms with Gasteiger partial charge in [-0.25, -0.2) is 0 Å². The summed E-state index contributed by atoms with van der Waals surface area (Å²) in [6.45, 7) is 0. The Kier molecular flexibility index (Phi) is 5.76. The molecule has 1 fully saturated rings. The number of benzene rings is 2. The molecule has 1 aliphatic heterocycles. The van der Waals surface area contributed by atoms with Crippen LogP contribution in [-0.2, 0) is 16.0 Å². The molecule has 4 rings (SSSR count). The van der Waals surface area contributed by atoms with E-state index in [1.165, 1.54) is 0 Å². The molecule has 0 spiro atoms. The molecule has 0 aliphatic carbocycles. The number of aromatic amines is 1. The molecule has 2 aromatic carbocycles. The molecule has 1 aliphatic rings. The zero-order valence-electron chi connectivity index (χ0n) is 16.2. The third-order valence-corrected chi connectivity index (χ3v) is 6.16. The normalized spacial score (nSPS) is 16.2. The number of amides is 2. The fourth-order valence-electron chi connectivity index (χ4n) is 3.53. The number of rotatable bonds is 6. The van der Waals surface area contributed by atoms with Crippen LogP contribution < -0.4 is 10.1 Å². The Hall–Kier alpha value is -2.93. The van der Waals surface area contributed by atoms with Crippen LogP contribution in [0.3, 0.4) is 0 Å². The van der Waals surface area contributed by atoms with E-state index in [1.807, 2.05) is 24.4 Å². The number of carbonyl (C=O) groups is 2. The van der Waals surface area contributed by atoms with Crippen molar-refractivity contribution in [2.24, 2.45) is 0 Å². The van der Waals surface area contributed by atoms with Gasteiger partial charge >= 0.3 is 0 Å². The maximum Gasteiger partial charge on any atom is 0.248 e. The predicted octanol–water partition coefficient (Wildman–Crippen LogP) is 3.65. The molecule has 1 aromatic heterocycles. The summed E-state index contributed by atoms with van der Waals surface area (Å²) in [4.78, 5) is 30.5. The third-order valence-electron chi connectivity index (χ3n) is 5.15. The first kappa shape index (κ1) is 19.4. The molecule has 6 nitrogen and oxygen atoms in total. The lowest BCUT2D eigenvalue weighted by Gasteiger charge is -2.23. The third kappa shape index (κ3) is 4.24. The summed E-state index contributed by atoms with van der Waals surface area (Å²) in [6, 6.07) is 14.8. The van der Waals surface area contributed by atoms with E-state index in [4.69, 9.17) is 4.74 Å². The summed E-state index contributed by atoms with van der Waals surface area (Å²) in [5, 5.41) is 4.05. The van der Waals surface area contributed by atoms with Crippen molar-refractivity contribution in [3.05, 3.63) is 60.3 Å². The quantitative estimate of drug-likeness (QED) is 0.652. The Bertz CT molecular complexity index is 1020. The summed E-state index contributed by atoms with van der Waals surface area (Å²) < 4.78 is 5.14. The Morgan fingerprint density at radius 3 is 2.79 bits per heavy atom. The van der Waals surface area contributed by atoms with Gasteiger partial charge in [0.1, 0.15) is 11.8 Å². The Morgan fingerprint density at radius 1 is 1.21 bits per heavy atom. The first-order valence-corrected chi connectivity index (χ1v) is 10.7. The van der Waals surface area contributed by atoms with Gasteiger partial charge in [-0.3, -0.25) is 9.59 Å². The van der Waals surface area contributed by atoms with Gasteiger partial charge in [0.15, 0.2) is 0 Å². The van der Waals surface area contributed by atoms with E-state index in [1.54, 1.807) is 48.0 Å². The highest BCUT2D eigenvalue weighted by atomic mass is 32.2. The second kappa shape index (κ2) is 8.61. The fraction of sp³-hybridized carbons (Fsp3) is 0.273. The number of hydrogen-bond acceptors (Lipinski definition) is 4. The minimum absolute atomic E-state index is 0.00941. The van der Waals surface area contributed by atoms with Crippen LogP contribution in [-0.4, -0.2) is 46.5 Å². The molecule has 2 heterocycles. The number of hydrogen-bond donors (Lipinski definition) is 2. The molecule has 0 radical (unpaired) electrons. The van der Waals surface area contributed by atoms with Crippen molar-refractivity contribution in [1.82, 2.24) is 9.88 Å². The minimum Gasteiger partial charge on any atom is -0.497 e. The molecule has 1 unspecified atom stereocenters. The number of methoxy groups -OCH3 is 1. The average molecular weight is 410 g/mol. The zero-order valence-corrected chi connectivity index (χ0v) is 17.0. The van der Waals surface area contributed by atoms with Gasteiger partial charge in [-0.1, -0.05) is 18.2 Å².